The summed E-state index contributed by atoms with van der Waals surface area (Å²) in [5.74, 6) is 0.411. The third kappa shape index (κ3) is 3.73. The van der Waals surface area contributed by atoms with E-state index in [-0.39, 0.29) is 24.0 Å². The van der Waals surface area contributed by atoms with Crippen molar-refractivity contribution < 1.29 is 14.6 Å². The fourth-order valence-corrected chi connectivity index (χ4v) is 2.31. The van der Waals surface area contributed by atoms with Gasteiger partial charge in [-0.25, -0.2) is 0 Å². The van der Waals surface area contributed by atoms with Crippen LogP contribution in [-0.4, -0.2) is 30.3 Å². The summed E-state index contributed by atoms with van der Waals surface area (Å²) in [5, 5.41) is 12.2. The monoisotopic (exact) mass is 341 g/mol. The predicted octanol–water partition coefficient (Wildman–Crippen LogP) is 2.74. The van der Waals surface area contributed by atoms with Crippen LogP contribution in [0.5, 0.6) is 5.75 Å². The Morgan fingerprint density at radius 2 is 2.20 bits per heavy atom. The van der Waals surface area contributed by atoms with Crippen LogP contribution in [0.15, 0.2) is 22.7 Å². The van der Waals surface area contributed by atoms with Gasteiger partial charge in [-0.15, -0.1) is 0 Å². The molecule has 0 bridgehead atoms. The van der Waals surface area contributed by atoms with Gasteiger partial charge >= 0.3 is 0 Å². The van der Waals surface area contributed by atoms with Crippen LogP contribution in [0.2, 0.25) is 0 Å². The second-order valence-corrected chi connectivity index (χ2v) is 6.56. The lowest BCUT2D eigenvalue weighted by Gasteiger charge is -2.16. The molecule has 110 valence electrons. The van der Waals surface area contributed by atoms with E-state index >= 15 is 0 Å². The maximum absolute atomic E-state index is 12.3. The number of benzene rings is 1. The highest BCUT2D eigenvalue weighted by Gasteiger charge is 2.42. The van der Waals surface area contributed by atoms with Gasteiger partial charge in [0.1, 0.15) is 5.75 Å². The molecule has 0 aromatic heterocycles. The van der Waals surface area contributed by atoms with Crippen LogP contribution in [-0.2, 0) is 0 Å². The highest BCUT2D eigenvalue weighted by molar-refractivity contribution is 9.10. The summed E-state index contributed by atoms with van der Waals surface area (Å²) in [6.07, 6.45) is 1.95. The Bertz CT molecular complexity index is 498. The Balaban J connectivity index is 2.08. The molecule has 1 fully saturated rings. The van der Waals surface area contributed by atoms with E-state index in [1.54, 1.807) is 12.1 Å². The smallest absolute Gasteiger partial charge is 0.255 e. The van der Waals surface area contributed by atoms with E-state index in [9.17, 15) is 9.90 Å². The highest BCUT2D eigenvalue weighted by atomic mass is 79.9. The zero-order valence-electron chi connectivity index (χ0n) is 11.8. The summed E-state index contributed by atoms with van der Waals surface area (Å²) in [4.78, 5) is 12.3. The fraction of sp³-hybridized carbons (Fsp3) is 0.533. The zero-order chi connectivity index (χ0) is 14.8. The van der Waals surface area contributed by atoms with E-state index in [2.05, 4.69) is 21.2 Å². The van der Waals surface area contributed by atoms with Crippen molar-refractivity contribution in [3.63, 3.8) is 0 Å². The van der Waals surface area contributed by atoms with Crippen LogP contribution in [0.4, 0.5) is 0 Å². The first-order valence-electron chi connectivity index (χ1n) is 6.81. The molecule has 0 heterocycles. The minimum absolute atomic E-state index is 0.00284. The first-order chi connectivity index (χ1) is 9.46. The van der Waals surface area contributed by atoms with Gasteiger partial charge in [0.05, 0.1) is 18.3 Å². The number of amides is 1. The van der Waals surface area contributed by atoms with Gasteiger partial charge < -0.3 is 15.2 Å². The third-order valence-electron chi connectivity index (χ3n) is 3.47. The average Bonchev–Trinajstić information content (AvgIpc) is 3.16. The number of rotatable bonds is 6. The van der Waals surface area contributed by atoms with Crippen molar-refractivity contribution >= 4 is 21.8 Å². The normalized spacial score (nSPS) is 16.1. The van der Waals surface area contributed by atoms with Gasteiger partial charge in [-0.3, -0.25) is 4.79 Å². The summed E-state index contributed by atoms with van der Waals surface area (Å²) in [5.41, 5.74) is 0.431. The molecule has 0 saturated heterocycles. The quantitative estimate of drug-likeness (QED) is 0.836. The molecule has 1 aromatic rings. The molecular formula is C15H20BrNO3. The summed E-state index contributed by atoms with van der Waals surface area (Å²) in [7, 11) is 0. The molecule has 1 aromatic carbocycles. The van der Waals surface area contributed by atoms with Gasteiger partial charge in [0.25, 0.3) is 5.91 Å². The van der Waals surface area contributed by atoms with Gasteiger partial charge in [0.15, 0.2) is 0 Å². The fourth-order valence-electron chi connectivity index (χ4n) is 1.97. The van der Waals surface area contributed by atoms with E-state index < -0.39 is 0 Å². The van der Waals surface area contributed by atoms with Gasteiger partial charge in [0.2, 0.25) is 0 Å². The molecule has 1 saturated carbocycles. The van der Waals surface area contributed by atoms with E-state index in [0.717, 1.165) is 17.3 Å². The molecule has 2 N–H and O–H groups in total. The summed E-state index contributed by atoms with van der Waals surface area (Å²) in [6.45, 7) is 4.49. The maximum atomic E-state index is 12.3. The van der Waals surface area contributed by atoms with E-state index in [4.69, 9.17) is 4.74 Å². The number of aliphatic hydroxyl groups excluding tert-OH is 1. The number of hydrogen-bond acceptors (Lipinski definition) is 3. The van der Waals surface area contributed by atoms with Crippen LogP contribution < -0.4 is 10.1 Å². The molecule has 0 atom stereocenters. The number of halogens is 1. The minimum atomic E-state index is -0.159. The molecule has 20 heavy (non-hydrogen) atoms. The maximum Gasteiger partial charge on any atom is 0.255 e. The molecule has 0 spiro atoms. The van der Waals surface area contributed by atoms with Gasteiger partial charge in [-0.2, -0.15) is 0 Å². The summed E-state index contributed by atoms with van der Waals surface area (Å²) < 4.78 is 6.55. The van der Waals surface area contributed by atoms with Crippen LogP contribution in [0.1, 0.15) is 37.0 Å². The number of nitrogens with one attached hydrogen (secondary N) is 1. The standard InChI is InChI=1S/C15H20BrNO3/c1-10(2)20-13-7-11(16)3-4-12(13)14(19)17-8-15(9-18)5-6-15/h3-4,7,10,18H,5-6,8-9H2,1-2H3,(H,17,19). The molecule has 1 aliphatic rings. The number of carbonyl (C=O) groups is 1. The number of aliphatic hydroxyl groups is 1. The van der Waals surface area contributed by atoms with Crippen molar-refractivity contribution in [2.24, 2.45) is 5.41 Å². The zero-order valence-corrected chi connectivity index (χ0v) is 13.4. The van der Waals surface area contributed by atoms with Crippen molar-refractivity contribution in [2.75, 3.05) is 13.2 Å². The Morgan fingerprint density at radius 1 is 1.50 bits per heavy atom. The second kappa shape index (κ2) is 6.14. The van der Waals surface area contributed by atoms with E-state index in [0.29, 0.717) is 17.9 Å². The molecule has 0 radical (unpaired) electrons. The molecule has 1 amide bonds. The lowest BCUT2D eigenvalue weighted by atomic mass is 10.1. The van der Waals surface area contributed by atoms with Crippen molar-refractivity contribution in [1.82, 2.24) is 5.32 Å². The van der Waals surface area contributed by atoms with Gasteiger partial charge in [-0.1, -0.05) is 15.9 Å². The Labute approximate surface area is 127 Å². The highest BCUT2D eigenvalue weighted by Crippen LogP contribution is 2.44. The Morgan fingerprint density at radius 3 is 2.75 bits per heavy atom. The van der Waals surface area contributed by atoms with Crippen LogP contribution in [0.25, 0.3) is 0 Å². The summed E-state index contributed by atoms with van der Waals surface area (Å²) >= 11 is 3.38. The van der Waals surface area contributed by atoms with Crippen molar-refractivity contribution in [3.05, 3.63) is 28.2 Å². The average molecular weight is 342 g/mol. The SMILES string of the molecule is CC(C)Oc1cc(Br)ccc1C(=O)NCC1(CO)CC1. The number of carbonyl (C=O) groups excluding carboxylic acids is 1. The third-order valence-corrected chi connectivity index (χ3v) is 3.96. The van der Waals surface area contributed by atoms with Crippen molar-refractivity contribution in [3.8, 4) is 5.75 Å². The topological polar surface area (TPSA) is 58.6 Å². The molecule has 1 aliphatic carbocycles. The van der Waals surface area contributed by atoms with Crippen molar-refractivity contribution in [2.45, 2.75) is 32.8 Å². The molecule has 5 heteroatoms. The Kier molecular flexibility index (Phi) is 4.70. The molecular weight excluding hydrogens is 322 g/mol. The molecule has 4 nitrogen and oxygen atoms in total. The molecule has 0 aliphatic heterocycles. The first kappa shape index (κ1) is 15.3. The number of ether oxygens (including phenoxy) is 1. The predicted molar refractivity (Wildman–Crippen MR) is 81.0 cm³/mol. The van der Waals surface area contributed by atoms with Crippen LogP contribution in [0, 0.1) is 5.41 Å². The van der Waals surface area contributed by atoms with Gasteiger partial charge in [0, 0.05) is 16.4 Å². The largest absolute Gasteiger partial charge is 0.490 e. The lowest BCUT2D eigenvalue weighted by Crippen LogP contribution is -2.32. The second-order valence-electron chi connectivity index (χ2n) is 5.65. The minimum Gasteiger partial charge on any atom is -0.490 e. The molecule has 0 unspecified atom stereocenters. The van der Waals surface area contributed by atoms with E-state index in [1.807, 2.05) is 19.9 Å². The summed E-state index contributed by atoms with van der Waals surface area (Å²) in [6, 6.07) is 5.37. The van der Waals surface area contributed by atoms with Gasteiger partial charge in [-0.05, 0) is 44.9 Å². The number of hydrogen-bond donors (Lipinski definition) is 2. The van der Waals surface area contributed by atoms with Crippen LogP contribution >= 0.6 is 15.9 Å². The lowest BCUT2D eigenvalue weighted by molar-refractivity contribution is 0.0929. The van der Waals surface area contributed by atoms with E-state index in [1.165, 1.54) is 0 Å². The Hall–Kier alpha value is -1.07. The van der Waals surface area contributed by atoms with Crippen molar-refractivity contribution in [1.29, 1.82) is 0 Å². The molecule has 2 rings (SSSR count). The van der Waals surface area contributed by atoms with Crippen LogP contribution in [0.3, 0.4) is 0 Å². The first-order valence-corrected chi connectivity index (χ1v) is 7.60.